The van der Waals surface area contributed by atoms with Crippen molar-refractivity contribution in [2.75, 3.05) is 26.7 Å². The molecular weight excluding hydrogens is 208 g/mol. The Morgan fingerprint density at radius 1 is 1.12 bits per heavy atom. The molecule has 2 saturated heterocycles. The zero-order valence-corrected chi connectivity index (χ0v) is 9.85. The lowest BCUT2D eigenvalue weighted by Gasteiger charge is -2.41. The molecule has 2 fully saturated rings. The van der Waals surface area contributed by atoms with Gasteiger partial charge in [-0.1, -0.05) is 6.42 Å². The third kappa shape index (κ3) is 2.47. The highest BCUT2D eigenvalue weighted by Crippen LogP contribution is 2.24. The van der Waals surface area contributed by atoms with Crippen molar-refractivity contribution >= 4 is 6.09 Å². The zero-order chi connectivity index (χ0) is 11.4. The van der Waals surface area contributed by atoms with E-state index in [1.807, 2.05) is 0 Å². The third-order valence-corrected chi connectivity index (χ3v) is 3.42. The van der Waals surface area contributed by atoms with E-state index in [-0.39, 0.29) is 12.3 Å². The van der Waals surface area contributed by atoms with Crippen LogP contribution in [0.3, 0.4) is 0 Å². The van der Waals surface area contributed by atoms with Crippen LogP contribution in [0.5, 0.6) is 0 Å². The van der Waals surface area contributed by atoms with Crippen LogP contribution in [-0.2, 0) is 9.78 Å². The summed E-state index contributed by atoms with van der Waals surface area (Å²) in [6.45, 7) is 2.98. The first-order chi connectivity index (χ1) is 7.83. The molecule has 5 nitrogen and oxygen atoms in total. The number of hydrogen-bond donors (Lipinski definition) is 0. The highest BCUT2D eigenvalue weighted by Gasteiger charge is 2.34. The van der Waals surface area contributed by atoms with Crippen molar-refractivity contribution in [1.29, 1.82) is 0 Å². The molecule has 0 aromatic rings. The first kappa shape index (κ1) is 11.7. The Balaban J connectivity index is 2.02. The fraction of sp³-hybridized carbons (Fsp3) is 0.909. The zero-order valence-electron chi connectivity index (χ0n) is 9.85. The minimum atomic E-state index is -0.348. The summed E-state index contributed by atoms with van der Waals surface area (Å²) in [5.74, 6) is 0. The van der Waals surface area contributed by atoms with Gasteiger partial charge in [0.05, 0.1) is 13.3 Å². The molecule has 92 valence electrons. The Morgan fingerprint density at radius 3 is 2.75 bits per heavy atom. The molecule has 0 aliphatic carbocycles. The summed E-state index contributed by atoms with van der Waals surface area (Å²) in [6, 6.07) is 0. The van der Waals surface area contributed by atoms with Gasteiger partial charge >= 0.3 is 6.09 Å². The lowest BCUT2D eigenvalue weighted by molar-refractivity contribution is -0.226. The van der Waals surface area contributed by atoms with Gasteiger partial charge in [-0.05, 0) is 25.7 Å². The van der Waals surface area contributed by atoms with Gasteiger partial charge in [0.2, 0.25) is 0 Å². The van der Waals surface area contributed by atoms with Crippen molar-refractivity contribution in [3.63, 3.8) is 0 Å². The van der Waals surface area contributed by atoms with Crippen LogP contribution in [0.4, 0.5) is 4.79 Å². The minimum Gasteiger partial charge on any atom is -0.290 e. The molecule has 16 heavy (non-hydrogen) atoms. The molecule has 0 aromatic carbocycles. The van der Waals surface area contributed by atoms with E-state index in [9.17, 15) is 4.79 Å². The van der Waals surface area contributed by atoms with Crippen LogP contribution in [0.25, 0.3) is 0 Å². The Hall–Kier alpha value is -0.810. The molecule has 0 bridgehead atoms. The summed E-state index contributed by atoms with van der Waals surface area (Å²) in [7, 11) is 1.37. The minimum absolute atomic E-state index is 0.221. The van der Waals surface area contributed by atoms with Crippen LogP contribution >= 0.6 is 0 Å². The van der Waals surface area contributed by atoms with E-state index in [0.29, 0.717) is 0 Å². The molecule has 5 heteroatoms. The molecule has 2 rings (SSSR count). The van der Waals surface area contributed by atoms with Crippen LogP contribution in [0.1, 0.15) is 32.1 Å². The fourth-order valence-corrected chi connectivity index (χ4v) is 2.69. The van der Waals surface area contributed by atoms with E-state index in [0.717, 1.165) is 32.5 Å². The van der Waals surface area contributed by atoms with Gasteiger partial charge < -0.3 is 0 Å². The third-order valence-electron chi connectivity index (χ3n) is 3.42. The number of nitrogens with zero attached hydrogens (tertiary/aromatic N) is 2. The second-order valence-electron chi connectivity index (χ2n) is 4.43. The van der Waals surface area contributed by atoms with Crippen molar-refractivity contribution in [3.05, 3.63) is 0 Å². The topological polar surface area (TPSA) is 42.0 Å². The predicted molar refractivity (Wildman–Crippen MR) is 58.6 cm³/mol. The second-order valence-corrected chi connectivity index (χ2v) is 4.43. The van der Waals surface area contributed by atoms with E-state index in [2.05, 4.69) is 14.7 Å². The van der Waals surface area contributed by atoms with Gasteiger partial charge in [0, 0.05) is 19.6 Å². The van der Waals surface area contributed by atoms with Crippen LogP contribution in [0, 0.1) is 0 Å². The van der Waals surface area contributed by atoms with E-state index in [1.54, 1.807) is 4.90 Å². The molecule has 2 aliphatic rings. The molecule has 0 N–H and O–H groups in total. The molecule has 2 aliphatic heterocycles. The quantitative estimate of drug-likeness (QED) is 0.505. The first-order valence-electron chi connectivity index (χ1n) is 6.08. The van der Waals surface area contributed by atoms with Crippen LogP contribution < -0.4 is 0 Å². The maximum Gasteiger partial charge on any atom is 0.442 e. The van der Waals surface area contributed by atoms with Crippen molar-refractivity contribution in [3.8, 4) is 0 Å². The molecule has 1 amide bonds. The molecule has 0 radical (unpaired) electrons. The molecular formula is C11H20N2O3. The lowest BCUT2D eigenvalue weighted by Crippen LogP contribution is -2.55. The highest BCUT2D eigenvalue weighted by molar-refractivity contribution is 5.67. The van der Waals surface area contributed by atoms with Crippen LogP contribution in [0.15, 0.2) is 0 Å². The predicted octanol–water partition coefficient (Wildman–Crippen LogP) is 1.59. The summed E-state index contributed by atoms with van der Waals surface area (Å²) in [6.07, 6.45) is 5.65. The van der Waals surface area contributed by atoms with Gasteiger partial charge in [-0.25, -0.2) is 4.79 Å². The average Bonchev–Trinajstić information content (AvgIpc) is 2.53. The average molecular weight is 228 g/mol. The molecule has 1 atom stereocenters. The largest absolute Gasteiger partial charge is 0.442 e. The van der Waals surface area contributed by atoms with Gasteiger partial charge in [-0.15, -0.1) is 0 Å². The highest BCUT2D eigenvalue weighted by atomic mass is 17.2. The first-order valence-corrected chi connectivity index (χ1v) is 6.08. The van der Waals surface area contributed by atoms with Gasteiger partial charge in [0.25, 0.3) is 0 Å². The van der Waals surface area contributed by atoms with Crippen molar-refractivity contribution in [2.24, 2.45) is 0 Å². The van der Waals surface area contributed by atoms with E-state index >= 15 is 0 Å². The monoisotopic (exact) mass is 228 g/mol. The number of carbonyl (C=O) groups excluding carboxylic acids is 1. The van der Waals surface area contributed by atoms with Gasteiger partial charge in [0.1, 0.15) is 0 Å². The van der Waals surface area contributed by atoms with Crippen molar-refractivity contribution < 1.29 is 14.6 Å². The van der Waals surface area contributed by atoms with Crippen molar-refractivity contribution in [2.45, 2.75) is 38.3 Å². The fourth-order valence-electron chi connectivity index (χ4n) is 2.69. The van der Waals surface area contributed by atoms with Gasteiger partial charge in [0.15, 0.2) is 0 Å². The van der Waals surface area contributed by atoms with Gasteiger partial charge in [-0.3, -0.25) is 14.7 Å². The van der Waals surface area contributed by atoms with Crippen LogP contribution in [-0.4, -0.2) is 48.8 Å². The number of fused-ring (bicyclic) bond motifs is 1. The second kappa shape index (κ2) is 5.50. The molecule has 0 saturated carbocycles. The summed E-state index contributed by atoms with van der Waals surface area (Å²) < 4.78 is 0. The molecule has 2 heterocycles. The molecule has 0 spiro atoms. The maximum absolute atomic E-state index is 11.7. The molecule has 0 aromatic heterocycles. The molecule has 1 unspecified atom stereocenters. The smallest absolute Gasteiger partial charge is 0.290 e. The number of carbonyl (C=O) groups is 1. The number of rotatable bonds is 1. The maximum atomic E-state index is 11.7. The van der Waals surface area contributed by atoms with E-state index in [4.69, 9.17) is 0 Å². The van der Waals surface area contributed by atoms with Crippen LogP contribution in [0.2, 0.25) is 0 Å². The summed E-state index contributed by atoms with van der Waals surface area (Å²) in [4.78, 5) is 25.0. The summed E-state index contributed by atoms with van der Waals surface area (Å²) in [5, 5.41) is 0. The Kier molecular flexibility index (Phi) is 4.01. The Morgan fingerprint density at radius 2 is 1.94 bits per heavy atom. The van der Waals surface area contributed by atoms with Gasteiger partial charge in [-0.2, -0.15) is 4.89 Å². The Bertz CT molecular complexity index is 247. The van der Waals surface area contributed by atoms with Crippen molar-refractivity contribution in [1.82, 2.24) is 9.80 Å². The van der Waals surface area contributed by atoms with E-state index in [1.165, 1.54) is 26.4 Å². The number of hydrogen-bond acceptors (Lipinski definition) is 4. The lowest BCUT2D eigenvalue weighted by atomic mass is 10.1. The number of amides is 1. The summed E-state index contributed by atoms with van der Waals surface area (Å²) in [5.41, 5.74) is 0. The Labute approximate surface area is 96.2 Å². The normalized spacial score (nSPS) is 27.1. The van der Waals surface area contributed by atoms with E-state index < -0.39 is 0 Å². The summed E-state index contributed by atoms with van der Waals surface area (Å²) >= 11 is 0. The SMILES string of the molecule is COOC(=O)N1CCCN2CCCCCC21. The standard InChI is InChI=1S/C11H20N2O3/c1-15-16-11(14)13-9-5-8-12-7-4-2-3-6-10(12)13/h10H,2-9H2,1H3.